The SMILES string of the molecule is CCCC/C=C\C=C/CCCCCCCCCC=O.CCCCCC/C=C\CC/C=C/CCOC(C)=O. The molecule has 0 bridgehead atoms. The number of rotatable bonds is 25. The highest BCUT2D eigenvalue weighted by atomic mass is 16.5. The smallest absolute Gasteiger partial charge is 0.302 e. The summed E-state index contributed by atoms with van der Waals surface area (Å²) in [6.45, 7) is 6.41. The van der Waals surface area contributed by atoms with E-state index in [0.717, 1.165) is 38.4 Å². The molecule has 0 spiro atoms. The fourth-order valence-electron chi connectivity index (χ4n) is 3.67. The van der Waals surface area contributed by atoms with Crippen molar-refractivity contribution >= 4 is 12.3 Å². The van der Waals surface area contributed by atoms with Gasteiger partial charge in [0.2, 0.25) is 0 Å². The van der Waals surface area contributed by atoms with E-state index in [0.29, 0.717) is 6.61 Å². The van der Waals surface area contributed by atoms with Crippen LogP contribution >= 0.6 is 0 Å². The number of carbonyl (C=O) groups excluding carboxylic acids is 2. The minimum atomic E-state index is -0.200. The maximum Gasteiger partial charge on any atom is 0.302 e. The van der Waals surface area contributed by atoms with Crippen molar-refractivity contribution in [2.75, 3.05) is 6.61 Å². The second-order valence-corrected chi connectivity index (χ2v) is 9.72. The first-order valence-electron chi connectivity index (χ1n) is 15.4. The van der Waals surface area contributed by atoms with Crippen molar-refractivity contribution in [3.05, 3.63) is 48.6 Å². The van der Waals surface area contributed by atoms with Gasteiger partial charge in [0.15, 0.2) is 0 Å². The van der Waals surface area contributed by atoms with E-state index in [1.807, 2.05) is 0 Å². The second-order valence-electron chi connectivity index (χ2n) is 9.72. The average molecular weight is 517 g/mol. The van der Waals surface area contributed by atoms with Crippen LogP contribution in [0.1, 0.15) is 149 Å². The highest BCUT2D eigenvalue weighted by Gasteiger charge is 1.91. The van der Waals surface area contributed by atoms with E-state index in [9.17, 15) is 9.59 Å². The number of ether oxygens (including phenoxy) is 1. The maximum absolute atomic E-state index is 10.5. The monoisotopic (exact) mass is 516 g/mol. The quantitative estimate of drug-likeness (QED) is 0.0398. The first kappa shape index (κ1) is 37.3. The zero-order valence-corrected chi connectivity index (χ0v) is 24.8. The summed E-state index contributed by atoms with van der Waals surface area (Å²) in [5.41, 5.74) is 0. The zero-order chi connectivity index (χ0) is 27.5. The van der Waals surface area contributed by atoms with Crippen LogP contribution in [0, 0.1) is 0 Å². The first-order chi connectivity index (χ1) is 18.2. The minimum absolute atomic E-state index is 0.200. The van der Waals surface area contributed by atoms with E-state index in [2.05, 4.69) is 62.5 Å². The van der Waals surface area contributed by atoms with Crippen LogP contribution in [0.3, 0.4) is 0 Å². The van der Waals surface area contributed by atoms with Crippen LogP contribution in [-0.4, -0.2) is 18.9 Å². The summed E-state index contributed by atoms with van der Waals surface area (Å²) in [7, 11) is 0. The molecule has 37 heavy (non-hydrogen) atoms. The van der Waals surface area contributed by atoms with E-state index >= 15 is 0 Å². The van der Waals surface area contributed by atoms with Gasteiger partial charge in [-0.1, -0.05) is 127 Å². The molecule has 0 heterocycles. The molecule has 0 aliphatic carbocycles. The number of unbranched alkanes of at least 4 members (excludes halogenated alkanes) is 15. The molecular formula is C34H60O3. The molecule has 0 aliphatic rings. The standard InChI is InChI=1S/C18H32O.C16H28O2/c1-2-3-4-5-6-7-8-9-10-11-12-13-14-15-16-17-18-19;1-3-4-5-6-7-8-9-10-11-12-13-14-15-18-16(2)17/h5-8,18H,2-4,9-17H2,1H3;8-9,12-13H,3-7,10-11,14-15H2,1-2H3/b6-5-,8-7-;9-8-,13-12+. The van der Waals surface area contributed by atoms with Crippen LogP contribution in [0.4, 0.5) is 0 Å². The lowest BCUT2D eigenvalue weighted by molar-refractivity contribution is -0.140. The van der Waals surface area contributed by atoms with Crippen LogP contribution < -0.4 is 0 Å². The van der Waals surface area contributed by atoms with Crippen molar-refractivity contribution in [3.63, 3.8) is 0 Å². The van der Waals surface area contributed by atoms with Crippen LogP contribution in [0.2, 0.25) is 0 Å². The Morgan fingerprint density at radius 1 is 0.514 bits per heavy atom. The van der Waals surface area contributed by atoms with Crippen molar-refractivity contribution in [1.82, 2.24) is 0 Å². The Hall–Kier alpha value is -1.90. The summed E-state index contributed by atoms with van der Waals surface area (Å²) in [6.07, 6.45) is 43.0. The van der Waals surface area contributed by atoms with Crippen LogP contribution in [0.25, 0.3) is 0 Å². The molecule has 214 valence electrons. The largest absolute Gasteiger partial charge is 0.466 e. The normalized spacial score (nSPS) is 11.5. The zero-order valence-electron chi connectivity index (χ0n) is 24.8. The van der Waals surface area contributed by atoms with Gasteiger partial charge in [-0.15, -0.1) is 0 Å². The lowest BCUT2D eigenvalue weighted by atomic mass is 10.1. The molecule has 0 atom stereocenters. The Kier molecular flexibility index (Phi) is 36.5. The molecule has 0 radical (unpaired) electrons. The highest BCUT2D eigenvalue weighted by molar-refractivity contribution is 5.65. The second kappa shape index (κ2) is 36.3. The van der Waals surface area contributed by atoms with Gasteiger partial charge in [-0.05, 0) is 57.8 Å². The Bertz CT molecular complexity index is 572. The molecule has 0 rings (SSSR count). The molecule has 0 aromatic heterocycles. The Morgan fingerprint density at radius 3 is 1.49 bits per heavy atom. The van der Waals surface area contributed by atoms with Crippen molar-refractivity contribution in [2.45, 2.75) is 149 Å². The number of allylic oxidation sites excluding steroid dienone is 7. The fraction of sp³-hybridized carbons (Fsp3) is 0.706. The third-order valence-electron chi connectivity index (χ3n) is 5.95. The van der Waals surface area contributed by atoms with E-state index in [1.54, 1.807) is 0 Å². The summed E-state index contributed by atoms with van der Waals surface area (Å²) >= 11 is 0. The number of hydrogen-bond donors (Lipinski definition) is 0. The van der Waals surface area contributed by atoms with Gasteiger partial charge >= 0.3 is 5.97 Å². The van der Waals surface area contributed by atoms with E-state index in [4.69, 9.17) is 4.74 Å². The van der Waals surface area contributed by atoms with Crippen LogP contribution in [0.15, 0.2) is 48.6 Å². The van der Waals surface area contributed by atoms with Crippen molar-refractivity contribution in [2.24, 2.45) is 0 Å². The summed E-state index contributed by atoms with van der Waals surface area (Å²) in [4.78, 5) is 20.6. The van der Waals surface area contributed by atoms with Gasteiger partial charge in [-0.3, -0.25) is 4.79 Å². The Morgan fingerprint density at radius 2 is 0.946 bits per heavy atom. The molecule has 0 fully saturated rings. The number of hydrogen-bond acceptors (Lipinski definition) is 3. The molecule has 0 aromatic carbocycles. The highest BCUT2D eigenvalue weighted by Crippen LogP contribution is 2.09. The first-order valence-corrected chi connectivity index (χ1v) is 15.4. The Labute approximate surface area is 230 Å². The number of carbonyl (C=O) groups is 2. The van der Waals surface area contributed by atoms with E-state index < -0.39 is 0 Å². The van der Waals surface area contributed by atoms with Gasteiger partial charge in [0.25, 0.3) is 0 Å². The van der Waals surface area contributed by atoms with Crippen LogP contribution in [0.5, 0.6) is 0 Å². The van der Waals surface area contributed by atoms with Gasteiger partial charge in [-0.2, -0.15) is 0 Å². The van der Waals surface area contributed by atoms with Crippen LogP contribution in [-0.2, 0) is 14.3 Å². The Balaban J connectivity index is 0. The van der Waals surface area contributed by atoms with Gasteiger partial charge < -0.3 is 9.53 Å². The molecule has 3 nitrogen and oxygen atoms in total. The van der Waals surface area contributed by atoms with Crippen molar-refractivity contribution in [1.29, 1.82) is 0 Å². The summed E-state index contributed by atoms with van der Waals surface area (Å²) < 4.78 is 4.83. The van der Waals surface area contributed by atoms with Gasteiger partial charge in [0.05, 0.1) is 6.61 Å². The molecule has 0 unspecified atom stereocenters. The predicted octanol–water partition coefficient (Wildman–Crippen LogP) is 10.8. The summed E-state index contributed by atoms with van der Waals surface area (Å²) in [5, 5.41) is 0. The molecule has 0 aliphatic heterocycles. The third-order valence-corrected chi connectivity index (χ3v) is 5.95. The lowest BCUT2D eigenvalue weighted by Crippen LogP contribution is -1.98. The number of esters is 1. The molecular weight excluding hydrogens is 456 g/mol. The van der Waals surface area contributed by atoms with Crippen molar-refractivity contribution in [3.8, 4) is 0 Å². The van der Waals surface area contributed by atoms with Crippen molar-refractivity contribution < 1.29 is 14.3 Å². The molecule has 3 heteroatoms. The summed E-state index contributed by atoms with van der Waals surface area (Å²) in [5.74, 6) is -0.200. The third kappa shape index (κ3) is 41.5. The molecule has 0 saturated heterocycles. The molecule has 0 N–H and O–H groups in total. The predicted molar refractivity (Wildman–Crippen MR) is 163 cm³/mol. The fourth-order valence-corrected chi connectivity index (χ4v) is 3.67. The van der Waals surface area contributed by atoms with Gasteiger partial charge in [0.1, 0.15) is 6.29 Å². The van der Waals surface area contributed by atoms with E-state index in [1.165, 1.54) is 103 Å². The molecule has 0 aromatic rings. The lowest BCUT2D eigenvalue weighted by Gasteiger charge is -1.99. The summed E-state index contributed by atoms with van der Waals surface area (Å²) in [6, 6.07) is 0. The topological polar surface area (TPSA) is 43.4 Å². The number of aldehydes is 1. The van der Waals surface area contributed by atoms with E-state index in [-0.39, 0.29) is 5.97 Å². The molecule has 0 saturated carbocycles. The minimum Gasteiger partial charge on any atom is -0.466 e. The molecule has 0 amide bonds. The average Bonchev–Trinajstić information content (AvgIpc) is 2.89. The van der Waals surface area contributed by atoms with Gasteiger partial charge in [0, 0.05) is 13.3 Å². The van der Waals surface area contributed by atoms with Gasteiger partial charge in [-0.25, -0.2) is 0 Å². The maximum atomic E-state index is 10.5.